The van der Waals surface area contributed by atoms with E-state index in [1.54, 1.807) is 12.1 Å². The first-order valence-electron chi connectivity index (χ1n) is 9.89. The van der Waals surface area contributed by atoms with Crippen LogP contribution in [-0.2, 0) is 16.0 Å². The molecule has 2 aliphatic rings. The molecule has 1 aromatic rings. The Bertz CT molecular complexity index is 657. The molecule has 0 aliphatic carbocycles. The molecule has 2 saturated heterocycles. The van der Waals surface area contributed by atoms with E-state index in [-0.39, 0.29) is 41.7 Å². The fraction of sp³-hybridized carbons (Fsp3) is 0.600. The molecule has 2 aliphatic heterocycles. The molecule has 3 rings (SSSR count). The number of rotatable bonds is 5. The van der Waals surface area contributed by atoms with Gasteiger partial charge in [0.1, 0.15) is 11.9 Å². The van der Waals surface area contributed by atoms with Gasteiger partial charge in [-0.25, -0.2) is 0 Å². The number of aliphatic imine (C=N–C) groups is 1. The average Bonchev–Trinajstić information content (AvgIpc) is 3.22. The molecule has 2 heterocycles. The highest BCUT2D eigenvalue weighted by Gasteiger charge is 2.30. The highest BCUT2D eigenvalue weighted by atomic mass is 127. The van der Waals surface area contributed by atoms with Gasteiger partial charge in [-0.3, -0.25) is 9.79 Å². The molecule has 0 bridgehead atoms. The largest absolute Gasteiger partial charge is 0.508 e. The number of carbonyl (C=O) groups excluding carboxylic acids is 1. The summed E-state index contributed by atoms with van der Waals surface area (Å²) in [7, 11) is 0. The number of carbonyl (C=O) groups is 1. The average molecular weight is 502 g/mol. The minimum Gasteiger partial charge on any atom is -0.508 e. The maximum Gasteiger partial charge on any atom is 0.251 e. The molecule has 156 valence electrons. The van der Waals surface area contributed by atoms with Crippen molar-refractivity contribution in [2.45, 2.75) is 32.3 Å². The maximum absolute atomic E-state index is 12.5. The molecule has 1 aromatic carbocycles. The summed E-state index contributed by atoms with van der Waals surface area (Å²) in [4.78, 5) is 21.3. The zero-order valence-corrected chi connectivity index (χ0v) is 18.8. The topological polar surface area (TPSA) is 77.4 Å². The van der Waals surface area contributed by atoms with Gasteiger partial charge < -0.3 is 25.0 Å². The van der Waals surface area contributed by atoms with Crippen LogP contribution in [0.1, 0.15) is 25.3 Å². The normalized spacial score (nSPS) is 20.0. The minimum atomic E-state index is -0.235. The van der Waals surface area contributed by atoms with E-state index in [9.17, 15) is 9.90 Å². The zero-order valence-electron chi connectivity index (χ0n) is 16.5. The van der Waals surface area contributed by atoms with Gasteiger partial charge in [0.2, 0.25) is 0 Å². The van der Waals surface area contributed by atoms with E-state index in [0.29, 0.717) is 26.2 Å². The first kappa shape index (κ1) is 22.7. The van der Waals surface area contributed by atoms with Gasteiger partial charge in [-0.05, 0) is 43.9 Å². The molecule has 28 heavy (non-hydrogen) atoms. The van der Waals surface area contributed by atoms with Gasteiger partial charge in [-0.2, -0.15) is 0 Å². The van der Waals surface area contributed by atoms with Gasteiger partial charge in [0, 0.05) is 45.9 Å². The number of benzene rings is 1. The molecule has 0 radical (unpaired) electrons. The Hall–Kier alpha value is -1.55. The summed E-state index contributed by atoms with van der Waals surface area (Å²) >= 11 is 0. The van der Waals surface area contributed by atoms with E-state index < -0.39 is 0 Å². The third-order valence-electron chi connectivity index (χ3n) is 5.00. The lowest BCUT2D eigenvalue weighted by Crippen LogP contribution is -2.55. The monoisotopic (exact) mass is 502 g/mol. The second-order valence-electron chi connectivity index (χ2n) is 6.97. The van der Waals surface area contributed by atoms with Crippen LogP contribution >= 0.6 is 24.0 Å². The second-order valence-corrected chi connectivity index (χ2v) is 6.97. The molecule has 1 atom stereocenters. The third kappa shape index (κ3) is 6.23. The van der Waals surface area contributed by atoms with Gasteiger partial charge in [0.05, 0.1) is 0 Å². The summed E-state index contributed by atoms with van der Waals surface area (Å²) in [6, 6.07) is 7.30. The number of guanidine groups is 1. The van der Waals surface area contributed by atoms with Crippen molar-refractivity contribution < 1.29 is 14.6 Å². The van der Waals surface area contributed by atoms with E-state index in [0.717, 1.165) is 50.4 Å². The fourth-order valence-electron chi connectivity index (χ4n) is 3.54. The van der Waals surface area contributed by atoms with Crippen LogP contribution in [0.5, 0.6) is 5.75 Å². The number of phenols is 1. The zero-order chi connectivity index (χ0) is 19.1. The Morgan fingerprint density at radius 3 is 2.68 bits per heavy atom. The number of phenolic OH excluding ortho intramolecular Hbond substituents is 1. The standard InChI is InChI=1S/C20H30N4O3.HI/c1-2-21-20(22-9-8-16-5-3-6-17(25)15-16)24-12-10-23(11-13-24)19(26)18-7-4-14-27-18;/h3,5-6,15,18,25H,2,4,7-14H2,1H3,(H,21,22);1H. The van der Waals surface area contributed by atoms with Crippen molar-refractivity contribution in [3.05, 3.63) is 29.8 Å². The van der Waals surface area contributed by atoms with Crippen LogP contribution in [0.2, 0.25) is 0 Å². The molecule has 2 fully saturated rings. The molecule has 0 saturated carbocycles. The Morgan fingerprint density at radius 1 is 1.29 bits per heavy atom. The van der Waals surface area contributed by atoms with E-state index in [4.69, 9.17) is 9.73 Å². The summed E-state index contributed by atoms with van der Waals surface area (Å²) in [5.74, 6) is 1.32. The lowest BCUT2D eigenvalue weighted by atomic mass is 10.1. The molecule has 0 aromatic heterocycles. The molecule has 1 amide bonds. The van der Waals surface area contributed by atoms with E-state index in [1.165, 1.54) is 0 Å². The van der Waals surface area contributed by atoms with Crippen molar-refractivity contribution in [1.29, 1.82) is 0 Å². The Morgan fingerprint density at radius 2 is 2.04 bits per heavy atom. The van der Waals surface area contributed by atoms with Gasteiger partial charge in [0.25, 0.3) is 5.91 Å². The SMILES string of the molecule is CCNC(=NCCc1cccc(O)c1)N1CCN(C(=O)C2CCCO2)CC1.I. The highest BCUT2D eigenvalue weighted by Crippen LogP contribution is 2.16. The van der Waals surface area contributed by atoms with Crippen molar-refractivity contribution >= 4 is 35.8 Å². The van der Waals surface area contributed by atoms with Crippen LogP contribution in [0.3, 0.4) is 0 Å². The van der Waals surface area contributed by atoms with Crippen LogP contribution in [0.15, 0.2) is 29.3 Å². The van der Waals surface area contributed by atoms with Gasteiger partial charge >= 0.3 is 0 Å². The van der Waals surface area contributed by atoms with E-state index in [1.807, 2.05) is 17.0 Å². The number of hydrogen-bond donors (Lipinski definition) is 2. The van der Waals surface area contributed by atoms with Gasteiger partial charge in [-0.1, -0.05) is 12.1 Å². The van der Waals surface area contributed by atoms with Crippen LogP contribution < -0.4 is 5.32 Å². The number of ether oxygens (including phenoxy) is 1. The summed E-state index contributed by atoms with van der Waals surface area (Å²) in [6.07, 6.45) is 2.37. The summed E-state index contributed by atoms with van der Waals surface area (Å²) in [6.45, 7) is 7.17. The van der Waals surface area contributed by atoms with Crippen LogP contribution in [0.4, 0.5) is 0 Å². The molecule has 8 heteroatoms. The lowest BCUT2D eigenvalue weighted by Gasteiger charge is -2.37. The maximum atomic E-state index is 12.5. The van der Waals surface area contributed by atoms with Crippen molar-refractivity contribution in [2.24, 2.45) is 4.99 Å². The Kier molecular flexibility index (Phi) is 9.30. The second kappa shape index (κ2) is 11.5. The third-order valence-corrected chi connectivity index (χ3v) is 5.00. The number of amides is 1. The van der Waals surface area contributed by atoms with Crippen LogP contribution in [-0.4, -0.2) is 78.8 Å². The number of halogens is 1. The quantitative estimate of drug-likeness (QED) is 0.365. The highest BCUT2D eigenvalue weighted by molar-refractivity contribution is 14.0. The van der Waals surface area contributed by atoms with Crippen molar-refractivity contribution in [1.82, 2.24) is 15.1 Å². The summed E-state index contributed by atoms with van der Waals surface area (Å²) < 4.78 is 5.53. The molecule has 0 spiro atoms. The molecular weight excluding hydrogens is 471 g/mol. The number of hydrogen-bond acceptors (Lipinski definition) is 4. The first-order valence-corrected chi connectivity index (χ1v) is 9.89. The summed E-state index contributed by atoms with van der Waals surface area (Å²) in [5, 5.41) is 12.9. The number of nitrogens with zero attached hydrogens (tertiary/aromatic N) is 3. The smallest absolute Gasteiger partial charge is 0.251 e. The predicted molar refractivity (Wildman–Crippen MR) is 120 cm³/mol. The number of piperazine rings is 1. The van der Waals surface area contributed by atoms with E-state index in [2.05, 4.69) is 17.1 Å². The Balaban J connectivity index is 0.00000280. The van der Waals surface area contributed by atoms with Gasteiger partial charge in [0.15, 0.2) is 5.96 Å². The predicted octanol–water partition coefficient (Wildman–Crippen LogP) is 1.84. The van der Waals surface area contributed by atoms with Gasteiger partial charge in [-0.15, -0.1) is 24.0 Å². The fourth-order valence-corrected chi connectivity index (χ4v) is 3.54. The summed E-state index contributed by atoms with van der Waals surface area (Å²) in [5.41, 5.74) is 1.07. The molecule has 7 nitrogen and oxygen atoms in total. The molecule has 2 N–H and O–H groups in total. The minimum absolute atomic E-state index is 0. The van der Waals surface area contributed by atoms with Crippen molar-refractivity contribution in [3.8, 4) is 5.75 Å². The van der Waals surface area contributed by atoms with E-state index >= 15 is 0 Å². The van der Waals surface area contributed by atoms with Crippen LogP contribution in [0.25, 0.3) is 0 Å². The van der Waals surface area contributed by atoms with Crippen molar-refractivity contribution in [3.63, 3.8) is 0 Å². The lowest BCUT2D eigenvalue weighted by molar-refractivity contribution is -0.142. The van der Waals surface area contributed by atoms with Crippen LogP contribution in [0, 0.1) is 0 Å². The Labute approximate surface area is 184 Å². The molecule has 1 unspecified atom stereocenters. The first-order chi connectivity index (χ1) is 13.2. The van der Waals surface area contributed by atoms with Crippen molar-refractivity contribution in [2.75, 3.05) is 45.9 Å². The molecular formula is C20H31IN4O3. The number of nitrogens with one attached hydrogen (secondary N) is 1. The number of aromatic hydroxyl groups is 1.